The summed E-state index contributed by atoms with van der Waals surface area (Å²) < 4.78 is 12.4. The third-order valence-corrected chi connectivity index (χ3v) is 3.91. The molecule has 2 aromatic carbocycles. The summed E-state index contributed by atoms with van der Waals surface area (Å²) in [5, 5.41) is 8.23. The van der Waals surface area contributed by atoms with Gasteiger partial charge in [-0.2, -0.15) is 0 Å². The smallest absolute Gasteiger partial charge is 0.248 e. The maximum absolute atomic E-state index is 5.76. The highest BCUT2D eigenvalue weighted by Crippen LogP contribution is 2.26. The van der Waals surface area contributed by atoms with Crippen LogP contribution >= 0.6 is 15.9 Å². The van der Waals surface area contributed by atoms with Crippen LogP contribution in [0.15, 0.2) is 57.4 Å². The van der Waals surface area contributed by atoms with E-state index in [1.165, 1.54) is 0 Å². The molecule has 4 nitrogen and oxygen atoms in total. The van der Waals surface area contributed by atoms with Crippen molar-refractivity contribution in [1.82, 2.24) is 10.2 Å². The monoisotopic (exact) mass is 372 g/mol. The van der Waals surface area contributed by atoms with E-state index >= 15 is 0 Å². The molecule has 0 amide bonds. The molecule has 0 saturated carbocycles. The molecule has 5 heteroatoms. The molecule has 0 bridgehead atoms. The Morgan fingerprint density at radius 1 is 0.913 bits per heavy atom. The van der Waals surface area contributed by atoms with Gasteiger partial charge in [-0.05, 0) is 55.0 Å². The minimum Gasteiger partial charge on any atom is -0.494 e. The van der Waals surface area contributed by atoms with Crippen molar-refractivity contribution in [2.75, 3.05) is 6.61 Å². The quantitative estimate of drug-likeness (QED) is 0.547. The number of rotatable bonds is 6. The van der Waals surface area contributed by atoms with Gasteiger partial charge in [0.1, 0.15) is 5.75 Å². The van der Waals surface area contributed by atoms with Crippen LogP contribution in [0.2, 0.25) is 0 Å². The predicted molar refractivity (Wildman–Crippen MR) is 93.3 cm³/mol. The zero-order valence-electron chi connectivity index (χ0n) is 12.8. The van der Waals surface area contributed by atoms with Crippen molar-refractivity contribution in [2.24, 2.45) is 0 Å². The van der Waals surface area contributed by atoms with Crippen molar-refractivity contribution in [3.63, 3.8) is 0 Å². The lowest BCUT2D eigenvalue weighted by atomic mass is 10.2. The maximum Gasteiger partial charge on any atom is 0.248 e. The van der Waals surface area contributed by atoms with E-state index in [0.29, 0.717) is 11.8 Å². The number of nitrogens with zero attached hydrogens (tertiary/aromatic N) is 2. The standard InChI is InChI=1S/C18H17BrN2O2/c1-2-3-12-22-16-10-6-14(7-11-16)18-21-20-17(23-18)13-4-8-15(19)9-5-13/h4-11H,2-3,12H2,1H3. The molecule has 118 valence electrons. The predicted octanol–water partition coefficient (Wildman–Crippen LogP) is 5.35. The highest BCUT2D eigenvalue weighted by molar-refractivity contribution is 9.10. The third kappa shape index (κ3) is 3.99. The third-order valence-electron chi connectivity index (χ3n) is 3.38. The molecule has 0 aliphatic heterocycles. The summed E-state index contributed by atoms with van der Waals surface area (Å²) in [7, 11) is 0. The van der Waals surface area contributed by atoms with E-state index in [4.69, 9.17) is 9.15 Å². The van der Waals surface area contributed by atoms with E-state index < -0.39 is 0 Å². The zero-order valence-corrected chi connectivity index (χ0v) is 14.4. The van der Waals surface area contributed by atoms with Gasteiger partial charge in [-0.25, -0.2) is 0 Å². The van der Waals surface area contributed by atoms with Crippen LogP contribution in [0, 0.1) is 0 Å². The molecule has 0 saturated heterocycles. The molecule has 0 spiro atoms. The fourth-order valence-corrected chi connectivity index (χ4v) is 2.34. The van der Waals surface area contributed by atoms with Crippen LogP contribution in [0.3, 0.4) is 0 Å². The van der Waals surface area contributed by atoms with Gasteiger partial charge < -0.3 is 9.15 Å². The largest absolute Gasteiger partial charge is 0.494 e. The number of aromatic nitrogens is 2. The molecule has 0 aliphatic carbocycles. The Labute approximate surface area is 143 Å². The maximum atomic E-state index is 5.76. The Bertz CT molecular complexity index is 751. The van der Waals surface area contributed by atoms with E-state index in [-0.39, 0.29) is 0 Å². The van der Waals surface area contributed by atoms with Gasteiger partial charge in [0, 0.05) is 15.6 Å². The molecule has 0 N–H and O–H groups in total. The van der Waals surface area contributed by atoms with Crippen molar-refractivity contribution in [3.8, 4) is 28.7 Å². The van der Waals surface area contributed by atoms with Crippen molar-refractivity contribution in [3.05, 3.63) is 53.0 Å². The molecular formula is C18H17BrN2O2. The summed E-state index contributed by atoms with van der Waals surface area (Å²) in [5.74, 6) is 1.87. The summed E-state index contributed by atoms with van der Waals surface area (Å²) in [4.78, 5) is 0. The molecule has 1 aromatic heterocycles. The van der Waals surface area contributed by atoms with Gasteiger partial charge in [0.15, 0.2) is 0 Å². The van der Waals surface area contributed by atoms with Crippen molar-refractivity contribution in [2.45, 2.75) is 19.8 Å². The van der Waals surface area contributed by atoms with Gasteiger partial charge >= 0.3 is 0 Å². The van der Waals surface area contributed by atoms with Crippen LogP contribution in [0.5, 0.6) is 5.75 Å². The highest BCUT2D eigenvalue weighted by Gasteiger charge is 2.10. The van der Waals surface area contributed by atoms with Crippen LogP contribution in [0.1, 0.15) is 19.8 Å². The molecule has 3 aromatic rings. The second-order valence-corrected chi connectivity index (χ2v) is 6.06. The van der Waals surface area contributed by atoms with Gasteiger partial charge in [-0.3, -0.25) is 0 Å². The molecule has 0 unspecified atom stereocenters. The van der Waals surface area contributed by atoms with E-state index in [9.17, 15) is 0 Å². The summed E-state index contributed by atoms with van der Waals surface area (Å²) in [5.41, 5.74) is 1.77. The molecule has 0 radical (unpaired) electrons. The minimum atomic E-state index is 0.503. The van der Waals surface area contributed by atoms with Crippen LogP contribution in [0.25, 0.3) is 22.9 Å². The topological polar surface area (TPSA) is 48.2 Å². The van der Waals surface area contributed by atoms with Gasteiger partial charge in [-0.1, -0.05) is 29.3 Å². The lowest BCUT2D eigenvalue weighted by molar-refractivity contribution is 0.309. The average molecular weight is 373 g/mol. The minimum absolute atomic E-state index is 0.503. The Morgan fingerprint density at radius 3 is 2.04 bits per heavy atom. The number of halogens is 1. The summed E-state index contributed by atoms with van der Waals surface area (Å²) in [6.07, 6.45) is 2.18. The summed E-state index contributed by atoms with van der Waals surface area (Å²) in [6, 6.07) is 15.5. The van der Waals surface area contributed by atoms with Crippen LogP contribution < -0.4 is 4.74 Å². The van der Waals surface area contributed by atoms with E-state index in [0.717, 1.165) is 40.8 Å². The molecule has 0 atom stereocenters. The Balaban J connectivity index is 1.73. The van der Waals surface area contributed by atoms with Crippen molar-refractivity contribution in [1.29, 1.82) is 0 Å². The first-order chi connectivity index (χ1) is 11.3. The number of ether oxygens (including phenoxy) is 1. The van der Waals surface area contributed by atoms with E-state index in [1.807, 2.05) is 48.5 Å². The first kappa shape index (κ1) is 15.7. The molecular weight excluding hydrogens is 356 g/mol. The zero-order chi connectivity index (χ0) is 16.1. The second-order valence-electron chi connectivity index (χ2n) is 5.15. The van der Waals surface area contributed by atoms with Gasteiger partial charge in [-0.15, -0.1) is 10.2 Å². The summed E-state index contributed by atoms with van der Waals surface area (Å²) in [6.45, 7) is 2.88. The lowest BCUT2D eigenvalue weighted by Gasteiger charge is -2.05. The number of hydrogen-bond acceptors (Lipinski definition) is 4. The van der Waals surface area contributed by atoms with Crippen LogP contribution in [0.4, 0.5) is 0 Å². The van der Waals surface area contributed by atoms with Crippen molar-refractivity contribution >= 4 is 15.9 Å². The first-order valence-corrected chi connectivity index (χ1v) is 8.38. The van der Waals surface area contributed by atoms with Gasteiger partial charge in [0.05, 0.1) is 6.61 Å². The SMILES string of the molecule is CCCCOc1ccc(-c2nnc(-c3ccc(Br)cc3)o2)cc1. The first-order valence-electron chi connectivity index (χ1n) is 7.59. The van der Waals surface area contributed by atoms with E-state index in [1.54, 1.807) is 0 Å². The summed E-state index contributed by atoms with van der Waals surface area (Å²) >= 11 is 3.41. The van der Waals surface area contributed by atoms with Gasteiger partial charge in [0.2, 0.25) is 11.8 Å². The molecule has 0 fully saturated rings. The van der Waals surface area contributed by atoms with Crippen LogP contribution in [-0.2, 0) is 0 Å². The van der Waals surface area contributed by atoms with Crippen LogP contribution in [-0.4, -0.2) is 16.8 Å². The fourth-order valence-electron chi connectivity index (χ4n) is 2.08. The molecule has 3 rings (SSSR count). The van der Waals surface area contributed by atoms with Gasteiger partial charge in [0.25, 0.3) is 0 Å². The molecule has 1 heterocycles. The average Bonchev–Trinajstić information content (AvgIpc) is 3.06. The lowest BCUT2D eigenvalue weighted by Crippen LogP contribution is -1.95. The second kappa shape index (κ2) is 7.42. The number of unbranched alkanes of at least 4 members (excludes halogenated alkanes) is 1. The Morgan fingerprint density at radius 2 is 1.48 bits per heavy atom. The molecule has 23 heavy (non-hydrogen) atoms. The Kier molecular flexibility index (Phi) is 5.08. The number of benzene rings is 2. The van der Waals surface area contributed by atoms with E-state index in [2.05, 4.69) is 33.1 Å². The normalized spacial score (nSPS) is 10.7. The number of hydrogen-bond donors (Lipinski definition) is 0. The molecule has 0 aliphatic rings. The fraction of sp³-hybridized carbons (Fsp3) is 0.222. The highest BCUT2D eigenvalue weighted by atomic mass is 79.9. The van der Waals surface area contributed by atoms with Crippen molar-refractivity contribution < 1.29 is 9.15 Å². The Hall–Kier alpha value is -2.14.